The van der Waals surface area contributed by atoms with Crippen molar-refractivity contribution in [2.75, 3.05) is 6.61 Å². The maximum Gasteiger partial charge on any atom is 0.304 e. The van der Waals surface area contributed by atoms with Crippen LogP contribution in [0.2, 0.25) is 0 Å². The van der Waals surface area contributed by atoms with Crippen molar-refractivity contribution in [3.8, 4) is 33.9 Å². The monoisotopic (exact) mass is 540 g/mol. The lowest BCUT2D eigenvalue weighted by atomic mass is 9.88. The number of ether oxygens (including phenoxy) is 2. The van der Waals surface area contributed by atoms with Crippen molar-refractivity contribution >= 4 is 5.97 Å². The van der Waals surface area contributed by atoms with E-state index in [0.29, 0.717) is 42.2 Å². The number of carboxylic acid groups (broad SMARTS) is 1. The molecule has 2 atom stereocenters. The largest absolute Gasteiger partial charge is 0.492 e. The van der Waals surface area contributed by atoms with Crippen LogP contribution in [-0.4, -0.2) is 27.2 Å². The molecule has 204 valence electrons. The van der Waals surface area contributed by atoms with Crippen LogP contribution in [-0.2, 0) is 18.3 Å². The Kier molecular flexibility index (Phi) is 6.41. The predicted molar refractivity (Wildman–Crippen MR) is 148 cm³/mol. The smallest absolute Gasteiger partial charge is 0.304 e. The van der Waals surface area contributed by atoms with Gasteiger partial charge in [-0.2, -0.15) is 0 Å². The first-order valence-corrected chi connectivity index (χ1v) is 13.3. The number of aryl methyl sites for hydroxylation is 3. The van der Waals surface area contributed by atoms with Gasteiger partial charge in [0.15, 0.2) is 0 Å². The highest BCUT2D eigenvalue weighted by molar-refractivity contribution is 5.79. The van der Waals surface area contributed by atoms with Crippen molar-refractivity contribution in [1.82, 2.24) is 9.55 Å². The van der Waals surface area contributed by atoms with Gasteiger partial charge in [-0.25, -0.2) is 9.37 Å². The van der Waals surface area contributed by atoms with Crippen LogP contribution in [0.15, 0.2) is 59.7 Å². The minimum Gasteiger partial charge on any atom is -0.492 e. The molecule has 6 rings (SSSR count). The molecule has 7 nitrogen and oxygen atoms in total. The number of hydrogen-bond acceptors (Lipinski definition) is 5. The van der Waals surface area contributed by atoms with Crippen LogP contribution in [0.25, 0.3) is 22.4 Å². The number of aliphatic carboxylic acids is 1. The maximum atomic E-state index is 15.3. The van der Waals surface area contributed by atoms with E-state index in [1.54, 1.807) is 19.2 Å². The molecule has 40 heavy (non-hydrogen) atoms. The van der Waals surface area contributed by atoms with E-state index in [2.05, 4.69) is 4.98 Å². The minimum atomic E-state index is -0.863. The zero-order valence-corrected chi connectivity index (χ0v) is 22.5. The van der Waals surface area contributed by atoms with Crippen molar-refractivity contribution < 1.29 is 23.8 Å². The van der Waals surface area contributed by atoms with Gasteiger partial charge >= 0.3 is 5.97 Å². The summed E-state index contributed by atoms with van der Waals surface area (Å²) in [7, 11) is 1.67. The third kappa shape index (κ3) is 4.53. The van der Waals surface area contributed by atoms with Crippen LogP contribution >= 0.6 is 0 Å². The molecule has 4 aromatic rings. The fraction of sp³-hybridized carbons (Fsp3) is 0.281. The van der Waals surface area contributed by atoms with E-state index in [9.17, 15) is 9.59 Å². The molecule has 0 bridgehead atoms. The van der Waals surface area contributed by atoms with Crippen molar-refractivity contribution in [2.45, 2.75) is 45.1 Å². The van der Waals surface area contributed by atoms with Gasteiger partial charge < -0.3 is 19.1 Å². The van der Waals surface area contributed by atoms with Gasteiger partial charge in [0.1, 0.15) is 23.4 Å². The molecule has 1 aliphatic carbocycles. The highest BCUT2D eigenvalue weighted by Gasteiger charge is 2.32. The molecule has 1 N–H and O–H groups in total. The Labute approximate surface area is 230 Å². The molecule has 0 radical (unpaired) electrons. The predicted octanol–water partition coefficient (Wildman–Crippen LogP) is 5.89. The van der Waals surface area contributed by atoms with Crippen molar-refractivity contribution in [1.29, 1.82) is 0 Å². The van der Waals surface area contributed by atoms with Crippen LogP contribution in [0.1, 0.15) is 52.7 Å². The molecular weight excluding hydrogens is 511 g/mol. The minimum absolute atomic E-state index is 0.0112. The van der Waals surface area contributed by atoms with E-state index < -0.39 is 12.1 Å². The highest BCUT2D eigenvalue weighted by atomic mass is 19.1. The fourth-order valence-electron chi connectivity index (χ4n) is 6.06. The summed E-state index contributed by atoms with van der Waals surface area (Å²) in [5, 5.41) is 9.16. The summed E-state index contributed by atoms with van der Waals surface area (Å²) in [5.41, 5.74) is 7.78. The van der Waals surface area contributed by atoms with Gasteiger partial charge in [-0.3, -0.25) is 9.59 Å². The third-order valence-electron chi connectivity index (χ3n) is 7.92. The molecule has 8 heteroatoms. The van der Waals surface area contributed by atoms with E-state index in [0.717, 1.165) is 38.9 Å². The molecule has 1 aliphatic heterocycles. The number of aromatic nitrogens is 2. The summed E-state index contributed by atoms with van der Waals surface area (Å²) in [6, 6.07) is 14.3. The van der Waals surface area contributed by atoms with Crippen molar-refractivity contribution in [3.63, 3.8) is 0 Å². The lowest BCUT2D eigenvalue weighted by molar-refractivity contribution is -0.137. The number of nitrogens with zero attached hydrogens (tertiary/aromatic N) is 2. The molecule has 0 amide bonds. The van der Waals surface area contributed by atoms with Gasteiger partial charge in [0.2, 0.25) is 0 Å². The Bertz CT molecular complexity index is 1700. The number of hydrogen-bond donors (Lipinski definition) is 1. The standard InChI is InChI=1S/C32H29FN2O5/c1-17-10-19(26-14-29(36)35(3)16-34-26)11-18(2)31(17)23-6-8-25(33)32-24(23)7-9-27(32)40-21-4-5-22-20(12-30(37)38)15-39-28(22)13-21/h4-6,8,10-11,13-14,16,20,27H,7,9,12,15H2,1-3H3,(H,37,38)/t20-,27-/m1/s1. The van der Waals surface area contributed by atoms with Gasteiger partial charge in [-0.05, 0) is 78.8 Å². The molecular formula is C32H29FN2O5. The SMILES string of the molecule is Cc1cc(-c2cc(=O)n(C)cn2)cc(C)c1-c1ccc(F)c2c1CC[C@H]2Oc1ccc2c(c1)OC[C@H]2CC(=O)O. The molecule has 0 saturated heterocycles. The van der Waals surface area contributed by atoms with E-state index in [1.165, 1.54) is 23.0 Å². The molecule has 2 heterocycles. The first kappa shape index (κ1) is 25.8. The number of rotatable bonds is 6. The number of benzene rings is 3. The van der Waals surface area contributed by atoms with Crippen LogP contribution in [0.3, 0.4) is 0 Å². The Morgan fingerprint density at radius 1 is 1.15 bits per heavy atom. The number of carbonyl (C=O) groups is 1. The van der Waals surface area contributed by atoms with E-state index in [-0.39, 0.29) is 23.7 Å². The summed E-state index contributed by atoms with van der Waals surface area (Å²) in [6.07, 6.45) is 2.39. The van der Waals surface area contributed by atoms with Gasteiger partial charge in [0.25, 0.3) is 5.56 Å². The zero-order chi connectivity index (χ0) is 28.1. The Morgan fingerprint density at radius 3 is 2.65 bits per heavy atom. The van der Waals surface area contributed by atoms with E-state index >= 15 is 4.39 Å². The zero-order valence-electron chi connectivity index (χ0n) is 22.5. The molecule has 0 saturated carbocycles. The second-order valence-electron chi connectivity index (χ2n) is 10.6. The maximum absolute atomic E-state index is 15.3. The van der Waals surface area contributed by atoms with Gasteiger partial charge in [-0.15, -0.1) is 0 Å². The van der Waals surface area contributed by atoms with E-state index in [4.69, 9.17) is 14.6 Å². The summed E-state index contributed by atoms with van der Waals surface area (Å²) < 4.78 is 28.7. The van der Waals surface area contributed by atoms with Gasteiger partial charge in [0.05, 0.1) is 25.0 Å². The van der Waals surface area contributed by atoms with Gasteiger partial charge in [0, 0.05) is 41.8 Å². The van der Waals surface area contributed by atoms with E-state index in [1.807, 2.05) is 38.1 Å². The summed E-state index contributed by atoms with van der Waals surface area (Å²) in [4.78, 5) is 27.7. The van der Waals surface area contributed by atoms with Crippen LogP contribution in [0.5, 0.6) is 11.5 Å². The number of halogens is 1. The Hall–Kier alpha value is -4.46. The van der Waals surface area contributed by atoms with Crippen molar-refractivity contribution in [3.05, 3.63) is 98.8 Å². The Balaban J connectivity index is 1.31. The second-order valence-corrected chi connectivity index (χ2v) is 10.6. The lowest BCUT2D eigenvalue weighted by Crippen LogP contribution is -2.15. The van der Waals surface area contributed by atoms with Crippen LogP contribution in [0.4, 0.5) is 4.39 Å². The molecule has 0 spiro atoms. The normalized spacial score (nSPS) is 17.3. The van der Waals surface area contributed by atoms with Gasteiger partial charge in [-0.1, -0.05) is 12.1 Å². The lowest BCUT2D eigenvalue weighted by Gasteiger charge is -2.19. The summed E-state index contributed by atoms with van der Waals surface area (Å²) in [5.74, 6) is -0.159. The number of fused-ring (bicyclic) bond motifs is 2. The molecule has 2 aliphatic rings. The summed E-state index contributed by atoms with van der Waals surface area (Å²) in [6.45, 7) is 4.37. The van der Waals surface area contributed by atoms with Crippen LogP contribution < -0.4 is 15.0 Å². The topological polar surface area (TPSA) is 90.7 Å². The summed E-state index contributed by atoms with van der Waals surface area (Å²) >= 11 is 0. The third-order valence-corrected chi connectivity index (χ3v) is 7.92. The Morgan fingerprint density at radius 2 is 1.93 bits per heavy atom. The molecule has 3 aromatic carbocycles. The highest BCUT2D eigenvalue weighted by Crippen LogP contribution is 2.45. The average molecular weight is 541 g/mol. The average Bonchev–Trinajstić information content (AvgIpc) is 3.51. The second kappa shape index (κ2) is 9.93. The number of carboxylic acids is 1. The molecule has 1 aromatic heterocycles. The quantitative estimate of drug-likeness (QED) is 0.328. The first-order valence-electron chi connectivity index (χ1n) is 13.3. The molecule has 0 fully saturated rings. The first-order chi connectivity index (χ1) is 19.2. The molecule has 0 unspecified atom stereocenters. The van der Waals surface area contributed by atoms with Crippen LogP contribution in [0, 0.1) is 19.7 Å². The van der Waals surface area contributed by atoms with Crippen molar-refractivity contribution in [2.24, 2.45) is 7.05 Å². The fourth-order valence-corrected chi connectivity index (χ4v) is 6.06.